The van der Waals surface area contributed by atoms with Gasteiger partial charge in [0.05, 0.1) is 5.56 Å². The lowest BCUT2D eigenvalue weighted by Gasteiger charge is -2.20. The van der Waals surface area contributed by atoms with Crippen LogP contribution >= 0.6 is 0 Å². The van der Waals surface area contributed by atoms with Crippen LogP contribution in [0.3, 0.4) is 0 Å². The van der Waals surface area contributed by atoms with Crippen LogP contribution in [0.5, 0.6) is 0 Å². The normalized spacial score (nSPS) is 11.9. The molecule has 2 rings (SSSR count). The summed E-state index contributed by atoms with van der Waals surface area (Å²) in [7, 11) is 0. The van der Waals surface area contributed by atoms with Crippen molar-refractivity contribution in [2.45, 2.75) is 39.9 Å². The van der Waals surface area contributed by atoms with E-state index in [0.29, 0.717) is 0 Å². The summed E-state index contributed by atoms with van der Waals surface area (Å²) in [4.78, 5) is 44.9. The fourth-order valence-corrected chi connectivity index (χ4v) is 2.17. The number of ether oxygens (including phenoxy) is 2. The summed E-state index contributed by atoms with van der Waals surface area (Å²) < 4.78 is 9.06. The van der Waals surface area contributed by atoms with Crippen molar-refractivity contribution in [1.82, 2.24) is 0 Å². The van der Waals surface area contributed by atoms with Gasteiger partial charge < -0.3 is 19.7 Å². The van der Waals surface area contributed by atoms with Gasteiger partial charge in [-0.1, -0.05) is 53.1 Å². The maximum atomic E-state index is 11.9. The Balaban J connectivity index is 0.000000467. The predicted molar refractivity (Wildman–Crippen MR) is 107 cm³/mol. The highest BCUT2D eigenvalue weighted by atomic mass is 16.6. The van der Waals surface area contributed by atoms with Crippen molar-refractivity contribution >= 4 is 23.9 Å². The van der Waals surface area contributed by atoms with E-state index in [1.807, 2.05) is 0 Å². The number of hydrogen-bond acceptors (Lipinski definition) is 6. The Kier molecular flexibility index (Phi) is 9.22. The summed E-state index contributed by atoms with van der Waals surface area (Å²) in [6, 6.07) is 14.5. The number of rotatable bonds is 6. The number of esters is 2. The summed E-state index contributed by atoms with van der Waals surface area (Å²) in [5.41, 5.74) is 3.57. The van der Waals surface area contributed by atoms with Crippen LogP contribution in [0.4, 0.5) is 0 Å². The van der Waals surface area contributed by atoms with Crippen LogP contribution in [0, 0.1) is 20.8 Å². The average Bonchev–Trinajstić information content (AvgIpc) is 2.67. The molecule has 8 nitrogen and oxygen atoms in total. The molecule has 0 aliphatic carbocycles. The molecule has 0 heterocycles. The first-order chi connectivity index (χ1) is 14.0. The van der Waals surface area contributed by atoms with E-state index in [1.54, 1.807) is 19.1 Å². The molecule has 2 unspecified atom stereocenters. The van der Waals surface area contributed by atoms with Crippen molar-refractivity contribution in [2.75, 3.05) is 0 Å². The van der Waals surface area contributed by atoms with Gasteiger partial charge in [-0.25, -0.2) is 14.4 Å². The summed E-state index contributed by atoms with van der Waals surface area (Å²) in [6.07, 6.45) is -4.29. The van der Waals surface area contributed by atoms with Gasteiger partial charge in [0.2, 0.25) is 12.2 Å². The number of carboxylic acid groups (broad SMARTS) is 2. The smallest absolute Gasteiger partial charge is 0.349 e. The van der Waals surface area contributed by atoms with Gasteiger partial charge >= 0.3 is 23.9 Å². The second kappa shape index (κ2) is 11.4. The van der Waals surface area contributed by atoms with Gasteiger partial charge in [-0.15, -0.1) is 0 Å². The fraction of sp³-hybridized carbons (Fsp3) is 0.273. The molecule has 2 N–H and O–H groups in total. The van der Waals surface area contributed by atoms with Crippen LogP contribution in [0.1, 0.15) is 34.0 Å². The van der Waals surface area contributed by atoms with Crippen molar-refractivity contribution in [3.8, 4) is 0 Å². The zero-order valence-corrected chi connectivity index (χ0v) is 17.1. The lowest BCUT2D eigenvalue weighted by Crippen LogP contribution is -2.45. The first-order valence-electron chi connectivity index (χ1n) is 8.95. The summed E-state index contributed by atoms with van der Waals surface area (Å²) >= 11 is 0. The molecule has 0 spiro atoms. The maximum absolute atomic E-state index is 11.9. The van der Waals surface area contributed by atoms with Crippen molar-refractivity contribution < 1.29 is 38.9 Å². The molecule has 0 saturated heterocycles. The van der Waals surface area contributed by atoms with Crippen LogP contribution in [0.25, 0.3) is 0 Å². The van der Waals surface area contributed by atoms with Crippen LogP contribution in [0.2, 0.25) is 0 Å². The van der Waals surface area contributed by atoms with Crippen molar-refractivity contribution in [1.29, 1.82) is 0 Å². The van der Waals surface area contributed by atoms with Crippen LogP contribution in [-0.2, 0) is 23.9 Å². The van der Waals surface area contributed by atoms with Gasteiger partial charge in [0, 0.05) is 6.92 Å². The molecule has 8 heteroatoms. The number of benzene rings is 2. The third-order valence-electron chi connectivity index (χ3n) is 3.79. The van der Waals surface area contributed by atoms with Gasteiger partial charge in [0.1, 0.15) is 0 Å². The molecule has 0 amide bonds. The molecule has 2 aromatic rings. The Hall–Kier alpha value is -3.68. The van der Waals surface area contributed by atoms with Crippen molar-refractivity contribution in [3.63, 3.8) is 0 Å². The highest BCUT2D eigenvalue weighted by Gasteiger charge is 2.40. The van der Waals surface area contributed by atoms with E-state index in [2.05, 4.69) is 47.6 Å². The monoisotopic (exact) mass is 416 g/mol. The van der Waals surface area contributed by atoms with Gasteiger partial charge in [-0.2, -0.15) is 0 Å². The molecule has 0 bridgehead atoms. The molecular formula is C22H24O8. The fourth-order valence-electron chi connectivity index (χ4n) is 2.17. The molecule has 2 aromatic carbocycles. The largest absolute Gasteiger partial charge is 0.478 e. The number of carbonyl (C=O) groups excluding carboxylic acids is 2. The molecule has 0 radical (unpaired) electrons. The van der Waals surface area contributed by atoms with Gasteiger partial charge in [0.15, 0.2) is 0 Å². The summed E-state index contributed by atoms with van der Waals surface area (Å²) in [5, 5.41) is 17.9. The first kappa shape index (κ1) is 24.4. The van der Waals surface area contributed by atoms with Crippen LogP contribution < -0.4 is 0 Å². The zero-order chi connectivity index (χ0) is 22.8. The molecule has 0 fully saturated rings. The topological polar surface area (TPSA) is 127 Å². The molecule has 0 aliphatic rings. The summed E-state index contributed by atoms with van der Waals surface area (Å²) in [5.74, 6) is -5.52. The number of aliphatic carboxylic acids is 2. The van der Waals surface area contributed by atoms with Gasteiger partial charge in [-0.05, 0) is 32.9 Å². The molecule has 0 aliphatic heterocycles. The lowest BCUT2D eigenvalue weighted by atomic mass is 10.1. The Morgan fingerprint density at radius 1 is 0.667 bits per heavy atom. The van der Waals surface area contributed by atoms with Crippen molar-refractivity contribution in [3.05, 3.63) is 70.8 Å². The van der Waals surface area contributed by atoms with E-state index in [0.717, 1.165) is 12.5 Å². The highest BCUT2D eigenvalue weighted by Crippen LogP contribution is 2.12. The standard InChI is InChI=1S/C14H14O8.C8H10/c1-7-3-5-9(6-4-7)14(20)22-11(13(18)19)10(12(16)17)21-8(2)15;1-7-3-5-8(2)6-4-7/h3-6,10-11H,1-2H3,(H,16,17)(H,18,19);3-6H,1-2H3. The molecule has 0 saturated carbocycles. The predicted octanol–water partition coefficient (Wildman–Crippen LogP) is 2.92. The SMILES string of the molecule is CC(=O)OC(C(=O)O)C(OC(=O)c1ccc(C)cc1)C(=O)O.Cc1ccc(C)cc1. The Bertz CT molecular complexity index is 863. The second-order valence-electron chi connectivity index (χ2n) is 6.55. The van der Waals surface area contributed by atoms with E-state index >= 15 is 0 Å². The Labute approximate surface area is 174 Å². The average molecular weight is 416 g/mol. The minimum Gasteiger partial charge on any atom is -0.478 e. The maximum Gasteiger partial charge on any atom is 0.349 e. The van der Waals surface area contributed by atoms with E-state index in [4.69, 9.17) is 10.2 Å². The molecule has 0 aromatic heterocycles. The second-order valence-corrected chi connectivity index (χ2v) is 6.55. The van der Waals surface area contributed by atoms with E-state index < -0.39 is 36.1 Å². The summed E-state index contributed by atoms with van der Waals surface area (Å²) in [6.45, 7) is 6.89. The molecule has 2 atom stereocenters. The minimum absolute atomic E-state index is 0.0452. The number of aryl methyl sites for hydroxylation is 3. The van der Waals surface area contributed by atoms with Crippen molar-refractivity contribution in [2.24, 2.45) is 0 Å². The molecular weight excluding hydrogens is 392 g/mol. The third kappa shape index (κ3) is 8.14. The Morgan fingerprint density at radius 2 is 1.00 bits per heavy atom. The van der Waals surface area contributed by atoms with E-state index in [1.165, 1.54) is 23.3 Å². The molecule has 160 valence electrons. The lowest BCUT2D eigenvalue weighted by molar-refractivity contribution is -0.177. The Morgan fingerprint density at radius 3 is 1.33 bits per heavy atom. The van der Waals surface area contributed by atoms with Gasteiger partial charge in [0.25, 0.3) is 0 Å². The third-order valence-corrected chi connectivity index (χ3v) is 3.79. The van der Waals surface area contributed by atoms with E-state index in [-0.39, 0.29) is 5.56 Å². The van der Waals surface area contributed by atoms with Crippen LogP contribution in [-0.4, -0.2) is 46.3 Å². The molecule has 30 heavy (non-hydrogen) atoms. The quantitative estimate of drug-likeness (QED) is 0.688. The number of hydrogen-bond donors (Lipinski definition) is 2. The van der Waals surface area contributed by atoms with Crippen LogP contribution in [0.15, 0.2) is 48.5 Å². The highest BCUT2D eigenvalue weighted by molar-refractivity contribution is 5.93. The first-order valence-corrected chi connectivity index (χ1v) is 8.95. The zero-order valence-electron chi connectivity index (χ0n) is 17.1. The number of carbonyl (C=O) groups is 4. The van der Waals surface area contributed by atoms with Gasteiger partial charge in [-0.3, -0.25) is 4.79 Å². The minimum atomic E-state index is -2.16. The van der Waals surface area contributed by atoms with E-state index in [9.17, 15) is 19.2 Å². The number of carboxylic acids is 2.